The minimum absolute atomic E-state index is 0. The molecular weight excluding hydrogens is 1000 g/mol. The average molecular weight is 1090 g/mol. The smallest absolute Gasteiger partial charge is 0.411 e. The summed E-state index contributed by atoms with van der Waals surface area (Å²) in [7, 11) is 0. The number of amides is 6. The molecule has 6 aliphatic heterocycles. The summed E-state index contributed by atoms with van der Waals surface area (Å²) in [5.41, 5.74) is -3.09. The summed E-state index contributed by atoms with van der Waals surface area (Å²) in [6, 6.07) is 2.66. The van der Waals surface area contributed by atoms with Crippen LogP contribution >= 0.6 is 0 Å². The van der Waals surface area contributed by atoms with E-state index in [4.69, 9.17) is 4.74 Å². The predicted octanol–water partition coefficient (Wildman–Crippen LogP) is 4.83. The van der Waals surface area contributed by atoms with E-state index >= 15 is 0 Å². The Bertz CT molecular complexity index is 2610. The van der Waals surface area contributed by atoms with Crippen LogP contribution in [0.4, 0.5) is 4.79 Å². The lowest BCUT2D eigenvalue weighted by Crippen LogP contribution is -2.79. The molecule has 12 atom stereocenters. The van der Waals surface area contributed by atoms with Crippen LogP contribution in [0.25, 0.3) is 0 Å². The first-order valence-corrected chi connectivity index (χ1v) is 27.2. The molecular formula is C56H84N12O10. The fourth-order valence-corrected chi connectivity index (χ4v) is 12.6. The summed E-state index contributed by atoms with van der Waals surface area (Å²) in [6.07, 6.45) is 11.0. The first-order valence-electron chi connectivity index (χ1n) is 27.2. The monoisotopic (exact) mass is 1080 g/mol. The van der Waals surface area contributed by atoms with E-state index in [2.05, 4.69) is 29.9 Å². The molecule has 78 heavy (non-hydrogen) atoms. The number of hydrogen-bond donors (Lipinski definition) is 3. The van der Waals surface area contributed by atoms with E-state index in [0.29, 0.717) is 56.4 Å². The standard InChI is InChI=1S/C20H30N4O4.C18H26N4O3.C17H24N4O3.CH4/c1-12-8-9-20(24(12)18(27)28-19(4,5)6)14(3)23(17(20)26)15(13(2)25)16-21-10-7-11-22-16;1-11(2)16(24)21-10-5-7-18(21)13(4)22(17(18)25)14(12(3)23)15-19-8-6-9-20-15;1-11(2)15(23)21-9-4-6-17(21)10-20(16(17)24)13(12(3)22)14-18-7-5-8-19-14;/h7,10-15,25H,8-9H2,1-6H3;6,8-9,11-14,23H,5,7,10H2,1-4H3;5,7-8,11-13,22H,4,6,9-10H2,1-3H3;1H4/t12?,13-,14?,15?,20?;12-,13?,14?,18?;12-,13?,17?;/m111./s1. The zero-order valence-electron chi connectivity index (χ0n) is 47.0. The normalized spacial score (nSPS) is 27.7. The van der Waals surface area contributed by atoms with Crippen LogP contribution in [0, 0.1) is 11.8 Å². The molecule has 9 heterocycles. The zero-order chi connectivity index (χ0) is 56.7. The molecule has 9 unspecified atom stereocenters. The summed E-state index contributed by atoms with van der Waals surface area (Å²) in [5.74, 6) is 0.601. The molecule has 3 aromatic heterocycles. The second-order valence-corrected chi connectivity index (χ2v) is 23.2. The van der Waals surface area contributed by atoms with Crippen LogP contribution in [0.3, 0.4) is 0 Å². The van der Waals surface area contributed by atoms with Crippen LogP contribution in [-0.4, -0.2) is 189 Å². The SMILES string of the molecule is C.CC(C)C(=O)N1CCCC12C(=O)N(C(c1ncccn1)[C@@H](C)O)C2C.CC(C)C(=O)N1CCCC12CN(C(c1ncccn1)[C@@H](C)O)C2=O.CC1CCC2(C(=O)N(C(c3ncccn3)[C@@H](C)O)C2C)N1C(=O)OC(C)(C)C. The van der Waals surface area contributed by atoms with Crippen LogP contribution < -0.4 is 0 Å². The number of aromatic nitrogens is 6. The van der Waals surface area contributed by atoms with Gasteiger partial charge in [-0.25, -0.2) is 34.7 Å². The van der Waals surface area contributed by atoms with Crippen LogP contribution in [0.5, 0.6) is 0 Å². The second kappa shape index (κ2) is 23.6. The molecule has 6 fully saturated rings. The van der Waals surface area contributed by atoms with Crippen LogP contribution in [-0.2, 0) is 28.7 Å². The fraction of sp³-hybridized carbons (Fsp3) is 0.679. The van der Waals surface area contributed by atoms with Crippen molar-refractivity contribution >= 4 is 35.6 Å². The number of nitrogens with zero attached hydrogens (tertiary/aromatic N) is 12. The number of carbonyl (C=O) groups is 6. The highest BCUT2D eigenvalue weighted by atomic mass is 16.6. The highest BCUT2D eigenvalue weighted by Gasteiger charge is 2.70. The Balaban J connectivity index is 0.000000189. The molecule has 428 valence electrons. The van der Waals surface area contributed by atoms with Gasteiger partial charge in [0.25, 0.3) is 17.7 Å². The van der Waals surface area contributed by atoms with E-state index in [1.165, 1.54) is 0 Å². The Kier molecular flexibility index (Phi) is 18.4. The van der Waals surface area contributed by atoms with E-state index in [9.17, 15) is 44.1 Å². The molecule has 6 amide bonds. The molecule has 22 nitrogen and oxygen atoms in total. The first kappa shape index (κ1) is 61.0. The molecule has 0 aliphatic carbocycles. The minimum Gasteiger partial charge on any atom is -0.444 e. The number of rotatable bonds is 11. The lowest BCUT2D eigenvalue weighted by molar-refractivity contribution is -0.187. The van der Waals surface area contributed by atoms with Crippen molar-refractivity contribution in [1.29, 1.82) is 0 Å². The Morgan fingerprint density at radius 3 is 1.38 bits per heavy atom. The summed E-state index contributed by atoms with van der Waals surface area (Å²) < 4.78 is 5.59. The molecule has 0 saturated carbocycles. The van der Waals surface area contributed by atoms with Crippen LogP contribution in [0.2, 0.25) is 0 Å². The molecule has 6 saturated heterocycles. The van der Waals surface area contributed by atoms with Gasteiger partial charge in [-0.15, -0.1) is 0 Å². The molecule has 0 bridgehead atoms. The van der Waals surface area contributed by atoms with Gasteiger partial charge in [-0.05, 0) is 119 Å². The van der Waals surface area contributed by atoms with Gasteiger partial charge in [0.1, 0.15) is 40.3 Å². The van der Waals surface area contributed by atoms with Crippen LogP contribution in [0.1, 0.15) is 172 Å². The van der Waals surface area contributed by atoms with E-state index in [-0.39, 0.29) is 66.9 Å². The lowest BCUT2D eigenvalue weighted by atomic mass is 9.75. The Morgan fingerprint density at radius 2 is 0.987 bits per heavy atom. The van der Waals surface area contributed by atoms with Gasteiger partial charge < -0.3 is 44.6 Å². The van der Waals surface area contributed by atoms with Crippen molar-refractivity contribution in [2.24, 2.45) is 11.8 Å². The minimum atomic E-state index is -0.941. The van der Waals surface area contributed by atoms with Gasteiger partial charge in [-0.3, -0.25) is 28.9 Å². The molecule has 3 aromatic rings. The van der Waals surface area contributed by atoms with Gasteiger partial charge in [0.05, 0.1) is 36.9 Å². The van der Waals surface area contributed by atoms with Crippen molar-refractivity contribution in [1.82, 2.24) is 59.3 Å². The number of aliphatic hydroxyl groups is 3. The zero-order valence-corrected chi connectivity index (χ0v) is 47.0. The van der Waals surface area contributed by atoms with Crippen molar-refractivity contribution < 1.29 is 48.8 Å². The number of hydrogen-bond acceptors (Lipinski definition) is 16. The summed E-state index contributed by atoms with van der Waals surface area (Å²) in [5, 5.41) is 30.8. The molecule has 0 aromatic carbocycles. The largest absolute Gasteiger partial charge is 0.444 e. The number of likely N-dealkylation sites (tertiary alicyclic amines) is 6. The first-order chi connectivity index (χ1) is 36.2. The molecule has 22 heteroatoms. The summed E-state index contributed by atoms with van der Waals surface area (Å²) >= 11 is 0. The fourth-order valence-electron chi connectivity index (χ4n) is 12.6. The van der Waals surface area contributed by atoms with E-state index in [1.54, 1.807) is 106 Å². The lowest BCUT2D eigenvalue weighted by Gasteiger charge is -2.59. The number of ether oxygens (including phenoxy) is 1. The van der Waals surface area contributed by atoms with Crippen molar-refractivity contribution in [3.63, 3.8) is 0 Å². The predicted molar refractivity (Wildman–Crippen MR) is 287 cm³/mol. The van der Waals surface area contributed by atoms with E-state index in [0.717, 1.165) is 19.3 Å². The summed E-state index contributed by atoms with van der Waals surface area (Å²) in [4.78, 5) is 113. The highest BCUT2D eigenvalue weighted by molar-refractivity contribution is 6.00. The highest BCUT2D eigenvalue weighted by Crippen LogP contribution is 2.51. The number of carbonyl (C=O) groups excluding carboxylic acids is 6. The third-order valence-electron chi connectivity index (χ3n) is 16.2. The maximum Gasteiger partial charge on any atom is 0.411 e. The van der Waals surface area contributed by atoms with Crippen molar-refractivity contribution in [2.75, 3.05) is 19.6 Å². The topological polar surface area (TPSA) is 269 Å². The Labute approximate surface area is 459 Å². The van der Waals surface area contributed by atoms with Gasteiger partial charge >= 0.3 is 6.09 Å². The third-order valence-corrected chi connectivity index (χ3v) is 16.2. The van der Waals surface area contributed by atoms with Gasteiger partial charge in [-0.1, -0.05) is 35.1 Å². The number of β-lactam (4-membered cyclic amide) rings is 3. The average Bonchev–Trinajstić information content (AvgIpc) is 4.28. The van der Waals surface area contributed by atoms with E-state index < -0.39 is 64.7 Å². The second-order valence-electron chi connectivity index (χ2n) is 23.2. The van der Waals surface area contributed by atoms with Gasteiger partial charge in [0, 0.05) is 68.1 Å². The third kappa shape index (κ3) is 10.7. The Morgan fingerprint density at radius 1 is 0.590 bits per heavy atom. The maximum atomic E-state index is 13.5. The van der Waals surface area contributed by atoms with Crippen LogP contribution in [0.15, 0.2) is 55.4 Å². The summed E-state index contributed by atoms with van der Waals surface area (Å²) in [6.45, 7) is 25.2. The molecule has 3 N–H and O–H groups in total. The Hall–Kier alpha value is -6.26. The van der Waals surface area contributed by atoms with Gasteiger partial charge in [0.15, 0.2) is 17.5 Å². The van der Waals surface area contributed by atoms with E-state index in [1.807, 2.05) is 69.2 Å². The maximum absolute atomic E-state index is 13.5. The molecule has 6 aliphatic rings. The van der Waals surface area contributed by atoms with Gasteiger partial charge in [0.2, 0.25) is 11.8 Å². The molecule has 0 radical (unpaired) electrons. The van der Waals surface area contributed by atoms with Crippen molar-refractivity contribution in [3.8, 4) is 0 Å². The van der Waals surface area contributed by atoms with Crippen molar-refractivity contribution in [2.45, 2.75) is 213 Å². The quantitative estimate of drug-likeness (QED) is 0.217. The molecule has 9 rings (SSSR count). The van der Waals surface area contributed by atoms with Gasteiger partial charge in [-0.2, -0.15) is 0 Å². The number of aliphatic hydroxyl groups excluding tert-OH is 3. The van der Waals surface area contributed by atoms with Crippen molar-refractivity contribution in [3.05, 3.63) is 72.9 Å². The molecule has 3 spiro atoms.